The zero-order valence-corrected chi connectivity index (χ0v) is 11.7. The van der Waals surface area contributed by atoms with E-state index in [1.165, 1.54) is 26.0 Å². The number of aliphatic carboxylic acids is 1. The summed E-state index contributed by atoms with van der Waals surface area (Å²) in [6, 6.07) is 5.93. The normalized spacial score (nSPS) is 12.4. The van der Waals surface area contributed by atoms with Crippen molar-refractivity contribution in [2.45, 2.75) is 24.3 Å². The van der Waals surface area contributed by atoms with Gasteiger partial charge in [-0.1, -0.05) is 15.9 Å². The van der Waals surface area contributed by atoms with Crippen LogP contribution >= 0.6 is 15.9 Å². The van der Waals surface area contributed by atoms with Gasteiger partial charge in [-0.25, -0.2) is 8.42 Å². The molecule has 0 saturated carbocycles. The maximum absolute atomic E-state index is 11.9. The van der Waals surface area contributed by atoms with Gasteiger partial charge in [-0.05, 0) is 38.1 Å². The maximum Gasteiger partial charge on any atom is 0.324 e. The zero-order chi connectivity index (χ0) is 13.3. The number of halogens is 1. The molecule has 0 bridgehead atoms. The highest BCUT2D eigenvalue weighted by Crippen LogP contribution is 2.16. The highest BCUT2D eigenvalue weighted by molar-refractivity contribution is 9.10. The fourth-order valence-electron chi connectivity index (χ4n) is 1.05. The molecule has 0 unspecified atom stereocenters. The smallest absolute Gasteiger partial charge is 0.324 e. The van der Waals surface area contributed by atoms with Crippen LogP contribution in [0.25, 0.3) is 0 Å². The van der Waals surface area contributed by atoms with Crippen molar-refractivity contribution >= 4 is 31.9 Å². The van der Waals surface area contributed by atoms with Gasteiger partial charge in [0.1, 0.15) is 5.54 Å². The first kappa shape index (κ1) is 14.1. The maximum atomic E-state index is 11.9. The van der Waals surface area contributed by atoms with E-state index in [0.717, 1.165) is 4.47 Å². The molecule has 0 atom stereocenters. The molecule has 1 rings (SSSR count). The van der Waals surface area contributed by atoms with Crippen molar-refractivity contribution in [2.24, 2.45) is 0 Å². The quantitative estimate of drug-likeness (QED) is 0.882. The molecule has 5 nitrogen and oxygen atoms in total. The van der Waals surface area contributed by atoms with Gasteiger partial charge >= 0.3 is 5.97 Å². The van der Waals surface area contributed by atoms with Crippen LogP contribution in [0.3, 0.4) is 0 Å². The van der Waals surface area contributed by atoms with Crippen LogP contribution in [0.2, 0.25) is 0 Å². The number of rotatable bonds is 4. The number of hydrogen-bond acceptors (Lipinski definition) is 3. The van der Waals surface area contributed by atoms with E-state index >= 15 is 0 Å². The van der Waals surface area contributed by atoms with Gasteiger partial charge in [0, 0.05) is 4.47 Å². The van der Waals surface area contributed by atoms with Crippen molar-refractivity contribution in [3.05, 3.63) is 28.7 Å². The Morgan fingerprint density at radius 2 is 1.76 bits per heavy atom. The van der Waals surface area contributed by atoms with Gasteiger partial charge in [-0.2, -0.15) is 4.72 Å². The molecule has 0 amide bonds. The first-order valence-electron chi connectivity index (χ1n) is 4.68. The number of nitrogens with one attached hydrogen (secondary N) is 1. The van der Waals surface area contributed by atoms with E-state index in [4.69, 9.17) is 5.11 Å². The highest BCUT2D eigenvalue weighted by Gasteiger charge is 2.32. The Balaban J connectivity index is 3.05. The number of hydrogen-bond donors (Lipinski definition) is 2. The van der Waals surface area contributed by atoms with Crippen LogP contribution in [0, 0.1) is 0 Å². The fraction of sp³-hybridized carbons (Fsp3) is 0.300. The van der Waals surface area contributed by atoms with Crippen LogP contribution in [0.4, 0.5) is 0 Å². The largest absolute Gasteiger partial charge is 0.480 e. The monoisotopic (exact) mass is 321 g/mol. The molecule has 0 aromatic heterocycles. The van der Waals surface area contributed by atoms with E-state index in [9.17, 15) is 13.2 Å². The van der Waals surface area contributed by atoms with Crippen molar-refractivity contribution in [2.75, 3.05) is 0 Å². The van der Waals surface area contributed by atoms with E-state index in [1.54, 1.807) is 12.1 Å². The molecule has 0 radical (unpaired) electrons. The fourth-order valence-corrected chi connectivity index (χ4v) is 2.69. The number of sulfonamides is 1. The molecular weight excluding hydrogens is 310 g/mol. The number of carboxylic acid groups (broad SMARTS) is 1. The van der Waals surface area contributed by atoms with Gasteiger partial charge in [0.2, 0.25) is 10.0 Å². The molecule has 0 saturated heterocycles. The Morgan fingerprint density at radius 3 is 2.18 bits per heavy atom. The van der Waals surface area contributed by atoms with E-state index in [2.05, 4.69) is 20.7 Å². The Bertz CT molecular complexity index is 522. The molecule has 1 aromatic rings. The summed E-state index contributed by atoms with van der Waals surface area (Å²) in [5.41, 5.74) is -1.55. The lowest BCUT2D eigenvalue weighted by Crippen LogP contribution is -2.49. The van der Waals surface area contributed by atoms with E-state index in [0.29, 0.717) is 0 Å². The number of carbonyl (C=O) groups is 1. The van der Waals surface area contributed by atoms with Crippen molar-refractivity contribution in [1.82, 2.24) is 4.72 Å². The third-order valence-corrected chi connectivity index (χ3v) is 4.25. The van der Waals surface area contributed by atoms with Gasteiger partial charge in [0.05, 0.1) is 4.90 Å². The van der Waals surface area contributed by atoms with Crippen molar-refractivity contribution in [1.29, 1.82) is 0 Å². The second kappa shape index (κ2) is 4.75. The lowest BCUT2D eigenvalue weighted by molar-refractivity contribution is -0.142. The minimum Gasteiger partial charge on any atom is -0.480 e. The second-order valence-electron chi connectivity index (χ2n) is 3.99. The van der Waals surface area contributed by atoms with Gasteiger partial charge < -0.3 is 5.11 Å². The summed E-state index contributed by atoms with van der Waals surface area (Å²) in [5, 5.41) is 8.86. The Labute approximate surface area is 108 Å². The molecule has 0 spiro atoms. The average molecular weight is 322 g/mol. The second-order valence-corrected chi connectivity index (χ2v) is 6.59. The van der Waals surface area contributed by atoms with Gasteiger partial charge in [0.15, 0.2) is 0 Å². The molecule has 94 valence electrons. The van der Waals surface area contributed by atoms with Crippen LogP contribution in [0.1, 0.15) is 13.8 Å². The van der Waals surface area contributed by atoms with E-state index in [-0.39, 0.29) is 4.90 Å². The molecule has 0 fully saturated rings. The van der Waals surface area contributed by atoms with Crippen molar-refractivity contribution in [3.63, 3.8) is 0 Å². The van der Waals surface area contributed by atoms with Crippen LogP contribution in [0.5, 0.6) is 0 Å². The highest BCUT2D eigenvalue weighted by atomic mass is 79.9. The summed E-state index contributed by atoms with van der Waals surface area (Å²) in [5.74, 6) is -1.24. The summed E-state index contributed by atoms with van der Waals surface area (Å²) >= 11 is 3.19. The first-order valence-corrected chi connectivity index (χ1v) is 6.96. The van der Waals surface area contributed by atoms with Crippen LogP contribution in [0.15, 0.2) is 33.6 Å². The number of benzene rings is 1. The predicted octanol–water partition coefficient (Wildman–Crippen LogP) is 1.59. The molecule has 0 heterocycles. The molecular formula is C10H12BrNO4S. The minimum absolute atomic E-state index is 0.0232. The molecule has 0 aliphatic heterocycles. The molecule has 1 aromatic carbocycles. The predicted molar refractivity (Wildman–Crippen MR) is 66.2 cm³/mol. The third kappa shape index (κ3) is 3.52. The topological polar surface area (TPSA) is 83.5 Å². The summed E-state index contributed by atoms with van der Waals surface area (Å²) in [7, 11) is -3.83. The van der Waals surface area contributed by atoms with Crippen molar-refractivity contribution in [3.8, 4) is 0 Å². The zero-order valence-electron chi connectivity index (χ0n) is 9.27. The molecule has 17 heavy (non-hydrogen) atoms. The van der Waals surface area contributed by atoms with Gasteiger partial charge in [-0.3, -0.25) is 4.79 Å². The molecule has 0 aliphatic rings. The lowest BCUT2D eigenvalue weighted by atomic mass is 10.1. The summed E-state index contributed by atoms with van der Waals surface area (Å²) in [4.78, 5) is 10.9. The first-order chi connectivity index (χ1) is 7.65. The van der Waals surface area contributed by atoms with Crippen LogP contribution in [-0.4, -0.2) is 25.0 Å². The van der Waals surface area contributed by atoms with E-state index < -0.39 is 21.5 Å². The molecule has 0 aliphatic carbocycles. The Kier molecular flexibility index (Phi) is 3.95. The van der Waals surface area contributed by atoms with E-state index in [1.807, 2.05) is 0 Å². The van der Waals surface area contributed by atoms with Gasteiger partial charge in [-0.15, -0.1) is 0 Å². The summed E-state index contributed by atoms with van der Waals surface area (Å²) < 4.78 is 26.6. The number of carboxylic acids is 1. The Morgan fingerprint density at radius 1 is 1.29 bits per heavy atom. The SMILES string of the molecule is CC(C)(NS(=O)(=O)c1ccc(Br)cc1)C(=O)O. The average Bonchev–Trinajstić information content (AvgIpc) is 2.16. The summed E-state index contributed by atoms with van der Waals surface area (Å²) in [6.07, 6.45) is 0. The van der Waals surface area contributed by atoms with Gasteiger partial charge in [0.25, 0.3) is 0 Å². The minimum atomic E-state index is -3.83. The standard InChI is InChI=1S/C10H12BrNO4S/c1-10(2,9(13)14)12-17(15,16)8-5-3-7(11)4-6-8/h3-6,12H,1-2H3,(H,13,14). The van der Waals surface area contributed by atoms with Crippen molar-refractivity contribution < 1.29 is 18.3 Å². The van der Waals surface area contributed by atoms with Crippen LogP contribution < -0.4 is 4.72 Å². The lowest BCUT2D eigenvalue weighted by Gasteiger charge is -2.20. The van der Waals surface area contributed by atoms with Crippen LogP contribution in [-0.2, 0) is 14.8 Å². The molecule has 7 heteroatoms. The molecule has 2 N–H and O–H groups in total. The summed E-state index contributed by atoms with van der Waals surface area (Å²) in [6.45, 7) is 2.57. The Hall–Kier alpha value is -0.920. The third-order valence-electron chi connectivity index (χ3n) is 2.05.